The van der Waals surface area contributed by atoms with Crippen LogP contribution in [0, 0.1) is 13.8 Å². The predicted molar refractivity (Wildman–Crippen MR) is 66.5 cm³/mol. The maximum atomic E-state index is 4.14. The molecule has 0 fully saturated rings. The van der Waals surface area contributed by atoms with Gasteiger partial charge in [0.05, 0.1) is 6.33 Å². The van der Waals surface area contributed by atoms with Crippen molar-refractivity contribution in [3.05, 3.63) is 53.1 Å². The Labute approximate surface area is 97.0 Å². The molecule has 0 saturated carbocycles. The molecule has 2 aromatic rings. The van der Waals surface area contributed by atoms with Gasteiger partial charge < -0.3 is 4.57 Å². The van der Waals surface area contributed by atoms with Crippen LogP contribution in [0.2, 0.25) is 0 Å². The Morgan fingerprint density at radius 1 is 1.12 bits per heavy atom. The highest BCUT2D eigenvalue weighted by Gasteiger charge is 2.04. The molecule has 2 nitrogen and oxygen atoms in total. The maximum absolute atomic E-state index is 4.14. The molecule has 0 N–H and O–H groups in total. The highest BCUT2D eigenvalue weighted by atomic mass is 15.0. The van der Waals surface area contributed by atoms with Crippen molar-refractivity contribution in [2.75, 3.05) is 0 Å². The zero-order chi connectivity index (χ0) is 11.5. The van der Waals surface area contributed by atoms with Crippen LogP contribution in [-0.4, -0.2) is 9.55 Å². The van der Waals surface area contributed by atoms with Crippen molar-refractivity contribution in [2.45, 2.75) is 26.7 Å². The molecule has 0 amide bonds. The molecule has 0 aliphatic heterocycles. The van der Waals surface area contributed by atoms with Crippen LogP contribution >= 0.6 is 0 Å². The minimum atomic E-state index is 1.06. The second-order valence-corrected chi connectivity index (χ2v) is 4.37. The SMILES string of the molecule is Cc1cccc(C)c1CCc1cncn1C. The molecule has 0 spiro atoms. The van der Waals surface area contributed by atoms with E-state index in [9.17, 15) is 0 Å². The number of rotatable bonds is 3. The monoisotopic (exact) mass is 214 g/mol. The van der Waals surface area contributed by atoms with E-state index in [4.69, 9.17) is 0 Å². The highest BCUT2D eigenvalue weighted by Crippen LogP contribution is 2.15. The molecule has 16 heavy (non-hydrogen) atoms. The molecule has 2 heteroatoms. The summed E-state index contributed by atoms with van der Waals surface area (Å²) >= 11 is 0. The number of aromatic nitrogens is 2. The Balaban J connectivity index is 2.14. The minimum Gasteiger partial charge on any atom is -0.338 e. The lowest BCUT2D eigenvalue weighted by Gasteiger charge is -2.09. The van der Waals surface area contributed by atoms with Crippen molar-refractivity contribution in [1.82, 2.24) is 9.55 Å². The maximum Gasteiger partial charge on any atom is 0.0945 e. The smallest absolute Gasteiger partial charge is 0.0945 e. The Kier molecular flexibility index (Phi) is 3.09. The molecule has 2 rings (SSSR count). The van der Waals surface area contributed by atoms with Crippen LogP contribution in [0.4, 0.5) is 0 Å². The zero-order valence-corrected chi connectivity index (χ0v) is 10.2. The van der Waals surface area contributed by atoms with Crippen molar-refractivity contribution in [1.29, 1.82) is 0 Å². The van der Waals surface area contributed by atoms with Crippen LogP contribution in [-0.2, 0) is 19.9 Å². The van der Waals surface area contributed by atoms with Crippen molar-refractivity contribution in [3.63, 3.8) is 0 Å². The lowest BCUT2D eigenvalue weighted by atomic mass is 9.98. The summed E-state index contributed by atoms with van der Waals surface area (Å²) in [6, 6.07) is 6.50. The average molecular weight is 214 g/mol. The van der Waals surface area contributed by atoms with Crippen molar-refractivity contribution in [2.24, 2.45) is 7.05 Å². The van der Waals surface area contributed by atoms with Gasteiger partial charge in [-0.25, -0.2) is 4.98 Å². The Hall–Kier alpha value is -1.57. The van der Waals surface area contributed by atoms with Crippen LogP contribution in [0.15, 0.2) is 30.7 Å². The fraction of sp³-hybridized carbons (Fsp3) is 0.357. The second kappa shape index (κ2) is 4.52. The van der Waals surface area contributed by atoms with Gasteiger partial charge in [0, 0.05) is 18.9 Å². The second-order valence-electron chi connectivity index (χ2n) is 4.37. The number of benzene rings is 1. The molecule has 1 aromatic heterocycles. The van der Waals surface area contributed by atoms with Crippen molar-refractivity contribution in [3.8, 4) is 0 Å². The fourth-order valence-electron chi connectivity index (χ4n) is 2.12. The van der Waals surface area contributed by atoms with E-state index in [1.807, 2.05) is 19.6 Å². The summed E-state index contributed by atoms with van der Waals surface area (Å²) in [4.78, 5) is 4.14. The molecule has 0 saturated heterocycles. The molecule has 1 heterocycles. The van der Waals surface area contributed by atoms with E-state index in [2.05, 4.69) is 41.6 Å². The first-order chi connectivity index (χ1) is 7.68. The lowest BCUT2D eigenvalue weighted by Crippen LogP contribution is -2.00. The van der Waals surface area contributed by atoms with Crippen LogP contribution in [0.3, 0.4) is 0 Å². The number of hydrogen-bond donors (Lipinski definition) is 0. The predicted octanol–water partition coefficient (Wildman–Crippen LogP) is 2.82. The lowest BCUT2D eigenvalue weighted by molar-refractivity contribution is 0.794. The van der Waals surface area contributed by atoms with E-state index in [-0.39, 0.29) is 0 Å². The number of aryl methyl sites for hydroxylation is 4. The average Bonchev–Trinajstić information content (AvgIpc) is 2.64. The van der Waals surface area contributed by atoms with Gasteiger partial charge in [0.25, 0.3) is 0 Å². The first-order valence-corrected chi connectivity index (χ1v) is 5.69. The highest BCUT2D eigenvalue weighted by molar-refractivity contribution is 5.33. The van der Waals surface area contributed by atoms with E-state index < -0.39 is 0 Å². The minimum absolute atomic E-state index is 1.06. The van der Waals surface area contributed by atoms with Gasteiger partial charge in [-0.2, -0.15) is 0 Å². The van der Waals surface area contributed by atoms with Crippen molar-refractivity contribution < 1.29 is 0 Å². The van der Waals surface area contributed by atoms with Crippen LogP contribution < -0.4 is 0 Å². The van der Waals surface area contributed by atoms with Gasteiger partial charge in [-0.3, -0.25) is 0 Å². The summed E-state index contributed by atoms with van der Waals surface area (Å²) in [5, 5.41) is 0. The third-order valence-electron chi connectivity index (χ3n) is 3.19. The molecular weight excluding hydrogens is 196 g/mol. The van der Waals surface area contributed by atoms with Crippen LogP contribution in [0.5, 0.6) is 0 Å². The van der Waals surface area contributed by atoms with E-state index in [1.165, 1.54) is 22.4 Å². The van der Waals surface area contributed by atoms with Gasteiger partial charge in [-0.1, -0.05) is 18.2 Å². The van der Waals surface area contributed by atoms with E-state index >= 15 is 0 Å². The molecule has 0 bridgehead atoms. The zero-order valence-electron chi connectivity index (χ0n) is 10.2. The molecule has 0 unspecified atom stereocenters. The summed E-state index contributed by atoms with van der Waals surface area (Å²) in [7, 11) is 2.05. The van der Waals surface area contributed by atoms with Crippen LogP contribution in [0.25, 0.3) is 0 Å². The van der Waals surface area contributed by atoms with Gasteiger partial charge in [-0.05, 0) is 43.4 Å². The topological polar surface area (TPSA) is 17.8 Å². The van der Waals surface area contributed by atoms with E-state index in [0.717, 1.165) is 12.8 Å². The number of hydrogen-bond acceptors (Lipinski definition) is 1. The molecule has 0 atom stereocenters. The molecule has 0 aliphatic rings. The third kappa shape index (κ3) is 2.16. The van der Waals surface area contributed by atoms with Gasteiger partial charge in [0.2, 0.25) is 0 Å². The number of imidazole rings is 1. The summed E-state index contributed by atoms with van der Waals surface area (Å²) in [6.45, 7) is 4.37. The quantitative estimate of drug-likeness (QED) is 0.768. The fourth-order valence-corrected chi connectivity index (χ4v) is 2.12. The Morgan fingerprint density at radius 3 is 2.38 bits per heavy atom. The van der Waals surface area contributed by atoms with E-state index in [0.29, 0.717) is 0 Å². The number of nitrogens with zero attached hydrogens (tertiary/aromatic N) is 2. The normalized spacial score (nSPS) is 10.7. The standard InChI is InChI=1S/C14H18N2/c1-11-5-4-6-12(2)14(11)8-7-13-9-15-10-16(13)3/h4-6,9-10H,7-8H2,1-3H3. The van der Waals surface area contributed by atoms with E-state index in [1.54, 1.807) is 0 Å². The molecule has 0 aliphatic carbocycles. The first-order valence-electron chi connectivity index (χ1n) is 5.69. The molecule has 1 aromatic carbocycles. The Morgan fingerprint density at radius 2 is 1.81 bits per heavy atom. The summed E-state index contributed by atoms with van der Waals surface area (Å²) in [5.41, 5.74) is 5.55. The summed E-state index contributed by atoms with van der Waals surface area (Å²) in [5.74, 6) is 0. The van der Waals surface area contributed by atoms with Crippen molar-refractivity contribution >= 4 is 0 Å². The van der Waals surface area contributed by atoms with Crippen LogP contribution in [0.1, 0.15) is 22.4 Å². The summed E-state index contributed by atoms with van der Waals surface area (Å²) in [6.07, 6.45) is 5.97. The third-order valence-corrected chi connectivity index (χ3v) is 3.19. The van der Waals surface area contributed by atoms with Gasteiger partial charge in [0.1, 0.15) is 0 Å². The molecule has 0 radical (unpaired) electrons. The van der Waals surface area contributed by atoms with Gasteiger partial charge >= 0.3 is 0 Å². The molecule has 84 valence electrons. The Bertz CT molecular complexity index is 463. The van der Waals surface area contributed by atoms with Gasteiger partial charge in [-0.15, -0.1) is 0 Å². The van der Waals surface area contributed by atoms with Gasteiger partial charge in [0.15, 0.2) is 0 Å². The summed E-state index contributed by atoms with van der Waals surface area (Å²) < 4.78 is 2.09. The first kappa shape index (κ1) is 10.9. The largest absolute Gasteiger partial charge is 0.338 e. The molecular formula is C14H18N2.